The molecule has 0 radical (unpaired) electrons. The number of likely N-dealkylation sites (tertiary alicyclic amines) is 2. The van der Waals surface area contributed by atoms with Crippen molar-refractivity contribution in [2.24, 2.45) is 11.7 Å². The highest BCUT2D eigenvalue weighted by molar-refractivity contribution is 5.93. The lowest BCUT2D eigenvalue weighted by molar-refractivity contribution is -0.138. The highest BCUT2D eigenvalue weighted by Crippen LogP contribution is 2.34. The number of anilines is 1. The Morgan fingerprint density at radius 3 is 2.45 bits per heavy atom. The van der Waals surface area contributed by atoms with Crippen molar-refractivity contribution < 1.29 is 9.59 Å². The number of carbonyl (C=O) groups excluding carboxylic acids is 2. The molecule has 2 saturated heterocycles. The third-order valence-electron chi connectivity index (χ3n) is 6.50. The highest BCUT2D eigenvalue weighted by Gasteiger charge is 2.32. The predicted molar refractivity (Wildman–Crippen MR) is 119 cm³/mol. The molecule has 0 aliphatic carbocycles. The van der Waals surface area contributed by atoms with Crippen molar-refractivity contribution in [3.8, 4) is 11.1 Å². The SMILES string of the molecule is CN1CCC(C(=O)N2CCC[C@H](c3nc(N)ncc3-c3ccc(C(N)=O)cc3)C2)CC1. The molecule has 8 nitrogen and oxygen atoms in total. The first-order chi connectivity index (χ1) is 14.9. The molecule has 4 rings (SSSR count). The van der Waals surface area contributed by atoms with Gasteiger partial charge in [0.2, 0.25) is 17.8 Å². The monoisotopic (exact) mass is 422 g/mol. The Hall–Kier alpha value is -3.00. The number of carbonyl (C=O) groups is 2. The zero-order valence-electron chi connectivity index (χ0n) is 18.0. The molecule has 2 aliphatic heterocycles. The number of aromatic nitrogens is 2. The second-order valence-corrected chi connectivity index (χ2v) is 8.67. The van der Waals surface area contributed by atoms with Crippen molar-refractivity contribution in [3.05, 3.63) is 41.7 Å². The molecule has 8 heteroatoms. The van der Waals surface area contributed by atoms with Gasteiger partial charge in [0.1, 0.15) is 0 Å². The normalized spacial score (nSPS) is 20.5. The van der Waals surface area contributed by atoms with Gasteiger partial charge in [-0.2, -0.15) is 0 Å². The standard InChI is InChI=1S/C23H30N6O2/c1-28-11-8-17(9-12-28)22(31)29-10-2-3-18(14-29)20-19(13-26-23(25)27-20)15-4-6-16(7-5-15)21(24)30/h4-7,13,17-18H,2-3,8-12,14H2,1H3,(H2,24,30)(H2,25,26,27)/t18-/m0/s1. The van der Waals surface area contributed by atoms with Gasteiger partial charge in [-0.3, -0.25) is 9.59 Å². The summed E-state index contributed by atoms with van der Waals surface area (Å²) in [7, 11) is 2.11. The van der Waals surface area contributed by atoms with E-state index in [9.17, 15) is 9.59 Å². The molecule has 0 saturated carbocycles. The van der Waals surface area contributed by atoms with E-state index in [1.807, 2.05) is 17.0 Å². The maximum atomic E-state index is 13.2. The van der Waals surface area contributed by atoms with Crippen LogP contribution in [0.5, 0.6) is 0 Å². The van der Waals surface area contributed by atoms with E-state index in [0.29, 0.717) is 12.1 Å². The summed E-state index contributed by atoms with van der Waals surface area (Å²) < 4.78 is 0. The molecule has 2 aromatic rings. The van der Waals surface area contributed by atoms with Crippen molar-refractivity contribution in [1.82, 2.24) is 19.8 Å². The number of piperidine rings is 2. The van der Waals surface area contributed by atoms with E-state index in [2.05, 4.69) is 21.9 Å². The quantitative estimate of drug-likeness (QED) is 0.776. The Bertz CT molecular complexity index is 953. The predicted octanol–water partition coefficient (Wildman–Crippen LogP) is 1.87. The molecule has 1 atom stereocenters. The number of primary amides is 1. The second kappa shape index (κ2) is 9.01. The number of nitrogen functional groups attached to an aromatic ring is 1. The Kier molecular flexibility index (Phi) is 6.18. The van der Waals surface area contributed by atoms with Crippen LogP contribution in [0.3, 0.4) is 0 Å². The number of hydrogen-bond donors (Lipinski definition) is 2. The van der Waals surface area contributed by atoms with Crippen LogP contribution in [0.4, 0.5) is 5.95 Å². The maximum absolute atomic E-state index is 13.2. The molecule has 3 heterocycles. The van der Waals surface area contributed by atoms with Crippen molar-refractivity contribution in [2.75, 3.05) is 39.0 Å². The van der Waals surface area contributed by atoms with Gasteiger partial charge in [-0.05, 0) is 63.5 Å². The molecule has 1 aromatic heterocycles. The molecule has 0 spiro atoms. The highest BCUT2D eigenvalue weighted by atomic mass is 16.2. The van der Waals surface area contributed by atoms with Gasteiger partial charge in [-0.15, -0.1) is 0 Å². The summed E-state index contributed by atoms with van der Waals surface area (Å²) in [6.07, 6.45) is 5.46. The average molecular weight is 423 g/mol. The summed E-state index contributed by atoms with van der Waals surface area (Å²) in [4.78, 5) is 37.6. The molecule has 164 valence electrons. The van der Waals surface area contributed by atoms with Crippen LogP contribution >= 0.6 is 0 Å². The molecule has 31 heavy (non-hydrogen) atoms. The third kappa shape index (κ3) is 4.69. The van der Waals surface area contributed by atoms with E-state index < -0.39 is 5.91 Å². The molecule has 1 aromatic carbocycles. The fraction of sp³-hybridized carbons (Fsp3) is 0.478. The van der Waals surface area contributed by atoms with Gasteiger partial charge in [0.05, 0.1) is 5.69 Å². The summed E-state index contributed by atoms with van der Waals surface area (Å²) in [5.74, 6) is 0.250. The molecular weight excluding hydrogens is 392 g/mol. The molecule has 2 aliphatic rings. The Labute approximate surface area is 182 Å². The van der Waals surface area contributed by atoms with Crippen LogP contribution in [-0.4, -0.2) is 64.8 Å². The summed E-state index contributed by atoms with van der Waals surface area (Å²) in [6.45, 7) is 3.39. The largest absolute Gasteiger partial charge is 0.368 e. The van der Waals surface area contributed by atoms with Crippen LogP contribution in [0.2, 0.25) is 0 Å². The topological polar surface area (TPSA) is 118 Å². The van der Waals surface area contributed by atoms with Gasteiger partial charge in [-0.1, -0.05) is 12.1 Å². The maximum Gasteiger partial charge on any atom is 0.248 e. The molecule has 0 unspecified atom stereocenters. The van der Waals surface area contributed by atoms with E-state index in [0.717, 1.165) is 62.1 Å². The van der Waals surface area contributed by atoms with Gasteiger partial charge < -0.3 is 21.3 Å². The fourth-order valence-corrected chi connectivity index (χ4v) is 4.67. The fourth-order valence-electron chi connectivity index (χ4n) is 4.67. The van der Waals surface area contributed by atoms with E-state index in [-0.39, 0.29) is 23.7 Å². The lowest BCUT2D eigenvalue weighted by Crippen LogP contribution is -2.45. The number of rotatable bonds is 4. The van der Waals surface area contributed by atoms with Gasteiger partial charge in [0.15, 0.2) is 0 Å². The summed E-state index contributed by atoms with van der Waals surface area (Å²) >= 11 is 0. The molecule has 0 bridgehead atoms. The van der Waals surface area contributed by atoms with E-state index in [1.165, 1.54) is 0 Å². The summed E-state index contributed by atoms with van der Waals surface area (Å²) in [5, 5.41) is 0. The Balaban J connectivity index is 1.56. The van der Waals surface area contributed by atoms with Gasteiger partial charge >= 0.3 is 0 Å². The van der Waals surface area contributed by atoms with Crippen molar-refractivity contribution in [3.63, 3.8) is 0 Å². The van der Waals surface area contributed by atoms with Crippen LogP contribution in [0.15, 0.2) is 30.5 Å². The molecule has 2 amide bonds. The van der Waals surface area contributed by atoms with Crippen LogP contribution in [0.1, 0.15) is 47.7 Å². The second-order valence-electron chi connectivity index (χ2n) is 8.67. The van der Waals surface area contributed by atoms with E-state index in [4.69, 9.17) is 11.5 Å². The average Bonchev–Trinajstić information content (AvgIpc) is 2.79. The van der Waals surface area contributed by atoms with Crippen molar-refractivity contribution in [1.29, 1.82) is 0 Å². The van der Waals surface area contributed by atoms with Crippen LogP contribution in [0, 0.1) is 5.92 Å². The zero-order valence-corrected chi connectivity index (χ0v) is 18.0. The minimum atomic E-state index is -0.462. The number of hydrogen-bond acceptors (Lipinski definition) is 6. The number of nitrogens with two attached hydrogens (primary N) is 2. The Morgan fingerprint density at radius 2 is 1.77 bits per heavy atom. The van der Waals surface area contributed by atoms with Gasteiger partial charge in [0, 0.05) is 42.2 Å². The van der Waals surface area contributed by atoms with Gasteiger partial charge in [0.25, 0.3) is 0 Å². The van der Waals surface area contributed by atoms with Crippen molar-refractivity contribution in [2.45, 2.75) is 31.6 Å². The Morgan fingerprint density at radius 1 is 1.06 bits per heavy atom. The summed E-state index contributed by atoms with van der Waals surface area (Å²) in [6, 6.07) is 7.11. The minimum absolute atomic E-state index is 0.0973. The van der Waals surface area contributed by atoms with Crippen LogP contribution < -0.4 is 11.5 Å². The van der Waals surface area contributed by atoms with Crippen molar-refractivity contribution >= 4 is 17.8 Å². The van der Waals surface area contributed by atoms with E-state index >= 15 is 0 Å². The van der Waals surface area contributed by atoms with Crippen LogP contribution in [0.25, 0.3) is 11.1 Å². The molecule has 2 fully saturated rings. The van der Waals surface area contributed by atoms with Gasteiger partial charge in [-0.25, -0.2) is 9.97 Å². The van der Waals surface area contributed by atoms with E-state index in [1.54, 1.807) is 18.3 Å². The first-order valence-corrected chi connectivity index (χ1v) is 10.9. The first kappa shape index (κ1) is 21.2. The lowest BCUT2D eigenvalue weighted by atomic mass is 9.88. The minimum Gasteiger partial charge on any atom is -0.368 e. The number of amides is 2. The van der Waals surface area contributed by atoms with Crippen LogP contribution in [-0.2, 0) is 4.79 Å². The lowest BCUT2D eigenvalue weighted by Gasteiger charge is -2.37. The first-order valence-electron chi connectivity index (χ1n) is 10.9. The summed E-state index contributed by atoms with van der Waals surface area (Å²) in [5.41, 5.74) is 14.4. The molecular formula is C23H30N6O2. The third-order valence-corrected chi connectivity index (χ3v) is 6.50. The number of benzene rings is 1. The zero-order chi connectivity index (χ0) is 22.0. The molecule has 4 N–H and O–H groups in total. The smallest absolute Gasteiger partial charge is 0.248 e. The number of nitrogens with zero attached hydrogens (tertiary/aromatic N) is 4.